The second-order valence-corrected chi connectivity index (χ2v) is 6.36. The van der Waals surface area contributed by atoms with Gasteiger partial charge in [-0.1, -0.05) is 11.6 Å². The summed E-state index contributed by atoms with van der Waals surface area (Å²) in [6.45, 7) is 1.91. The van der Waals surface area contributed by atoms with Gasteiger partial charge >= 0.3 is 0 Å². The molecule has 2 aromatic heterocycles. The fraction of sp³-hybridized carbons (Fsp3) is 0.118. The van der Waals surface area contributed by atoms with Crippen LogP contribution in [0.15, 0.2) is 48.1 Å². The predicted molar refractivity (Wildman–Crippen MR) is 93.9 cm³/mol. The Morgan fingerprint density at radius 3 is 2.96 bits per heavy atom. The number of benzene rings is 1. The van der Waals surface area contributed by atoms with Gasteiger partial charge in [-0.3, -0.25) is 9.78 Å². The van der Waals surface area contributed by atoms with E-state index in [0.29, 0.717) is 5.02 Å². The fourth-order valence-electron chi connectivity index (χ4n) is 2.14. The van der Waals surface area contributed by atoms with E-state index >= 15 is 0 Å². The van der Waals surface area contributed by atoms with Crippen LogP contribution in [-0.2, 0) is 11.2 Å². The number of hydrogen-bond acceptors (Lipinski definition) is 4. The Hall–Kier alpha value is -2.24. The van der Waals surface area contributed by atoms with Crippen LogP contribution in [0.3, 0.4) is 0 Å². The number of aryl methyl sites for hydroxylation is 1. The molecular weight excluding hydrogens is 330 g/mol. The number of thiazole rings is 1. The summed E-state index contributed by atoms with van der Waals surface area (Å²) in [7, 11) is 0. The summed E-state index contributed by atoms with van der Waals surface area (Å²) in [4.78, 5) is 20.7. The van der Waals surface area contributed by atoms with E-state index in [1.54, 1.807) is 24.5 Å². The van der Waals surface area contributed by atoms with Crippen LogP contribution in [0, 0.1) is 6.92 Å². The molecule has 1 N–H and O–H groups in total. The average Bonchev–Trinajstić information content (AvgIpc) is 2.99. The van der Waals surface area contributed by atoms with E-state index in [9.17, 15) is 4.79 Å². The standard InChI is InChI=1S/C17H14ClN3OS/c1-11-7-13(18)4-5-15(11)21-16(22)8-14-10-23-17(20-14)12-3-2-6-19-9-12/h2-7,9-10H,8H2,1H3,(H,21,22). The van der Waals surface area contributed by atoms with Crippen molar-refractivity contribution in [1.29, 1.82) is 0 Å². The molecule has 3 rings (SSSR count). The van der Waals surface area contributed by atoms with Gasteiger partial charge in [-0.05, 0) is 42.8 Å². The first-order valence-corrected chi connectivity index (χ1v) is 8.28. The largest absolute Gasteiger partial charge is 0.326 e. The number of pyridine rings is 1. The molecule has 0 unspecified atom stereocenters. The molecule has 0 saturated heterocycles. The highest BCUT2D eigenvalue weighted by atomic mass is 35.5. The van der Waals surface area contributed by atoms with Gasteiger partial charge in [0.25, 0.3) is 0 Å². The number of halogens is 1. The van der Waals surface area contributed by atoms with Crippen LogP contribution in [0.1, 0.15) is 11.3 Å². The molecule has 0 aliphatic heterocycles. The van der Waals surface area contributed by atoms with Crippen molar-refractivity contribution < 1.29 is 4.79 Å². The highest BCUT2D eigenvalue weighted by Crippen LogP contribution is 2.23. The van der Waals surface area contributed by atoms with Gasteiger partial charge < -0.3 is 5.32 Å². The summed E-state index contributed by atoms with van der Waals surface area (Å²) in [5, 5.41) is 6.31. The second kappa shape index (κ2) is 6.89. The quantitative estimate of drug-likeness (QED) is 0.766. The normalized spacial score (nSPS) is 10.5. The van der Waals surface area contributed by atoms with E-state index < -0.39 is 0 Å². The first kappa shape index (κ1) is 15.6. The van der Waals surface area contributed by atoms with Crippen molar-refractivity contribution >= 4 is 34.5 Å². The second-order valence-electron chi connectivity index (χ2n) is 5.07. The highest BCUT2D eigenvalue weighted by Gasteiger charge is 2.10. The van der Waals surface area contributed by atoms with Crippen LogP contribution in [0.4, 0.5) is 5.69 Å². The molecule has 4 nitrogen and oxygen atoms in total. The van der Waals surface area contributed by atoms with Gasteiger partial charge in [-0.25, -0.2) is 4.98 Å². The van der Waals surface area contributed by atoms with Crippen molar-refractivity contribution in [2.24, 2.45) is 0 Å². The van der Waals surface area contributed by atoms with Crippen molar-refractivity contribution in [2.45, 2.75) is 13.3 Å². The summed E-state index contributed by atoms with van der Waals surface area (Å²) in [5.74, 6) is -0.0986. The lowest BCUT2D eigenvalue weighted by atomic mass is 10.2. The van der Waals surface area contributed by atoms with Gasteiger partial charge in [-0.15, -0.1) is 11.3 Å². The van der Waals surface area contributed by atoms with Crippen molar-refractivity contribution in [3.05, 3.63) is 64.4 Å². The summed E-state index contributed by atoms with van der Waals surface area (Å²) >= 11 is 7.43. The lowest BCUT2D eigenvalue weighted by Gasteiger charge is -2.07. The molecule has 0 radical (unpaired) electrons. The Balaban J connectivity index is 1.68. The van der Waals surface area contributed by atoms with Crippen molar-refractivity contribution in [2.75, 3.05) is 5.32 Å². The maximum absolute atomic E-state index is 12.2. The van der Waals surface area contributed by atoms with Crippen molar-refractivity contribution in [3.63, 3.8) is 0 Å². The Morgan fingerprint density at radius 1 is 1.35 bits per heavy atom. The molecule has 0 saturated carbocycles. The first-order valence-electron chi connectivity index (χ1n) is 7.02. The van der Waals surface area contributed by atoms with E-state index in [-0.39, 0.29) is 12.3 Å². The zero-order chi connectivity index (χ0) is 16.2. The molecule has 6 heteroatoms. The minimum atomic E-state index is -0.0986. The van der Waals surface area contributed by atoms with Crippen LogP contribution >= 0.6 is 22.9 Å². The van der Waals surface area contributed by atoms with Gasteiger partial charge in [0.2, 0.25) is 5.91 Å². The number of anilines is 1. The summed E-state index contributed by atoms with van der Waals surface area (Å²) in [6, 6.07) is 9.20. The molecule has 0 atom stereocenters. The smallest absolute Gasteiger partial charge is 0.230 e. The van der Waals surface area contributed by atoms with Gasteiger partial charge in [0, 0.05) is 34.0 Å². The zero-order valence-electron chi connectivity index (χ0n) is 12.4. The summed E-state index contributed by atoms with van der Waals surface area (Å²) < 4.78 is 0. The third-order valence-corrected chi connectivity index (χ3v) is 4.44. The summed E-state index contributed by atoms with van der Waals surface area (Å²) in [6.07, 6.45) is 3.72. The van der Waals surface area contributed by atoms with Crippen LogP contribution in [0.5, 0.6) is 0 Å². The summed E-state index contributed by atoms with van der Waals surface area (Å²) in [5.41, 5.74) is 3.40. The van der Waals surface area contributed by atoms with E-state index in [1.807, 2.05) is 30.5 Å². The molecule has 23 heavy (non-hydrogen) atoms. The number of rotatable bonds is 4. The van der Waals surface area contributed by atoms with Crippen molar-refractivity contribution in [3.8, 4) is 10.6 Å². The number of aromatic nitrogens is 2. The molecule has 0 spiro atoms. The molecule has 0 aliphatic rings. The molecular formula is C17H14ClN3OS. The van der Waals surface area contributed by atoms with Gasteiger partial charge in [-0.2, -0.15) is 0 Å². The Kier molecular flexibility index (Phi) is 4.69. The lowest BCUT2D eigenvalue weighted by Crippen LogP contribution is -2.15. The topological polar surface area (TPSA) is 54.9 Å². The Bertz CT molecular complexity index is 833. The number of nitrogens with one attached hydrogen (secondary N) is 1. The number of hydrogen-bond donors (Lipinski definition) is 1. The number of carbonyl (C=O) groups excluding carboxylic acids is 1. The van der Waals surface area contributed by atoms with Gasteiger partial charge in [0.1, 0.15) is 5.01 Å². The predicted octanol–water partition coefficient (Wildman–Crippen LogP) is 4.35. The minimum Gasteiger partial charge on any atom is -0.326 e. The lowest BCUT2D eigenvalue weighted by molar-refractivity contribution is -0.115. The molecule has 116 valence electrons. The third-order valence-electron chi connectivity index (χ3n) is 3.26. The van der Waals surface area contributed by atoms with E-state index in [0.717, 1.165) is 27.5 Å². The Labute approximate surface area is 143 Å². The SMILES string of the molecule is Cc1cc(Cl)ccc1NC(=O)Cc1csc(-c2cccnc2)n1. The fourth-order valence-corrected chi connectivity index (χ4v) is 3.17. The van der Waals surface area contributed by atoms with Crippen LogP contribution in [0.25, 0.3) is 10.6 Å². The van der Waals surface area contributed by atoms with Crippen LogP contribution < -0.4 is 5.32 Å². The molecule has 3 aromatic rings. The maximum Gasteiger partial charge on any atom is 0.230 e. The highest BCUT2D eigenvalue weighted by molar-refractivity contribution is 7.13. The number of amides is 1. The Morgan fingerprint density at radius 2 is 2.22 bits per heavy atom. The van der Waals surface area contributed by atoms with E-state index in [1.165, 1.54) is 11.3 Å². The van der Waals surface area contributed by atoms with Crippen molar-refractivity contribution in [1.82, 2.24) is 9.97 Å². The monoisotopic (exact) mass is 343 g/mol. The molecule has 1 amide bonds. The van der Waals surface area contributed by atoms with E-state index in [2.05, 4.69) is 15.3 Å². The molecule has 0 aliphatic carbocycles. The number of nitrogens with zero attached hydrogens (tertiary/aromatic N) is 2. The van der Waals surface area contributed by atoms with Crippen LogP contribution in [-0.4, -0.2) is 15.9 Å². The molecule has 2 heterocycles. The molecule has 0 fully saturated rings. The average molecular weight is 344 g/mol. The van der Waals surface area contributed by atoms with Gasteiger partial charge in [0.05, 0.1) is 12.1 Å². The third kappa shape index (κ3) is 3.94. The van der Waals surface area contributed by atoms with Crippen LogP contribution in [0.2, 0.25) is 5.02 Å². The van der Waals surface area contributed by atoms with Gasteiger partial charge in [0.15, 0.2) is 0 Å². The number of carbonyl (C=O) groups is 1. The maximum atomic E-state index is 12.2. The zero-order valence-corrected chi connectivity index (χ0v) is 14.0. The molecule has 0 bridgehead atoms. The van der Waals surface area contributed by atoms with E-state index in [4.69, 9.17) is 11.6 Å². The molecule has 1 aromatic carbocycles. The minimum absolute atomic E-state index is 0.0986. The first-order chi connectivity index (χ1) is 11.1.